The molecule has 3 aromatic rings. The molecule has 0 aliphatic carbocycles. The fourth-order valence-electron chi connectivity index (χ4n) is 3.33. The summed E-state index contributed by atoms with van der Waals surface area (Å²) in [5.74, 6) is -0.647. The van der Waals surface area contributed by atoms with Gasteiger partial charge in [0.25, 0.3) is 5.91 Å². The van der Waals surface area contributed by atoms with Crippen LogP contribution in [0.25, 0.3) is 17.0 Å². The normalized spacial score (nSPS) is 15.5. The molecule has 0 bridgehead atoms. The lowest BCUT2D eigenvalue weighted by Crippen LogP contribution is -2.30. The predicted molar refractivity (Wildman–Crippen MR) is 106 cm³/mol. The molecule has 1 fully saturated rings. The number of benzene rings is 2. The van der Waals surface area contributed by atoms with Crippen LogP contribution in [0.15, 0.2) is 73.1 Å². The van der Waals surface area contributed by atoms with E-state index in [0.29, 0.717) is 6.54 Å². The van der Waals surface area contributed by atoms with Gasteiger partial charge in [0.1, 0.15) is 11.5 Å². The number of para-hydroxylation sites is 1. The van der Waals surface area contributed by atoms with Crippen LogP contribution in [0, 0.1) is 5.82 Å². The summed E-state index contributed by atoms with van der Waals surface area (Å²) in [5, 5.41) is 3.58. The Balaban J connectivity index is 1.72. The van der Waals surface area contributed by atoms with E-state index in [-0.39, 0.29) is 24.0 Å². The third-order valence-electron chi connectivity index (χ3n) is 4.66. The SMILES string of the molecule is C=CCN1C(=O)N/C(=C/c2cn(Cc3ccc(F)cc3)c3ccccc23)C1=O. The number of carbonyl (C=O) groups excluding carboxylic acids is 2. The number of hydrogen-bond donors (Lipinski definition) is 1. The van der Waals surface area contributed by atoms with Crippen molar-refractivity contribution in [3.63, 3.8) is 0 Å². The minimum atomic E-state index is -0.453. The lowest BCUT2D eigenvalue weighted by molar-refractivity contribution is -0.122. The van der Waals surface area contributed by atoms with Crippen LogP contribution in [0.2, 0.25) is 0 Å². The van der Waals surface area contributed by atoms with E-state index in [0.717, 1.165) is 26.9 Å². The number of nitrogens with zero attached hydrogens (tertiary/aromatic N) is 2. The van der Waals surface area contributed by atoms with Gasteiger partial charge in [-0.05, 0) is 29.8 Å². The van der Waals surface area contributed by atoms with Gasteiger partial charge in [0.15, 0.2) is 0 Å². The van der Waals surface area contributed by atoms with E-state index < -0.39 is 6.03 Å². The molecule has 0 radical (unpaired) electrons. The van der Waals surface area contributed by atoms with Crippen molar-refractivity contribution in [1.82, 2.24) is 14.8 Å². The third kappa shape index (κ3) is 3.20. The average molecular weight is 375 g/mol. The maximum Gasteiger partial charge on any atom is 0.329 e. The highest BCUT2D eigenvalue weighted by molar-refractivity contribution is 6.14. The zero-order valence-corrected chi connectivity index (χ0v) is 15.1. The second-order valence-electron chi connectivity index (χ2n) is 6.55. The first-order chi connectivity index (χ1) is 13.6. The molecule has 5 nitrogen and oxygen atoms in total. The number of aromatic nitrogens is 1. The van der Waals surface area contributed by atoms with Gasteiger partial charge in [0.05, 0.1) is 0 Å². The number of imide groups is 1. The van der Waals surface area contributed by atoms with Gasteiger partial charge in [-0.3, -0.25) is 9.69 Å². The quantitative estimate of drug-likeness (QED) is 0.418. The van der Waals surface area contributed by atoms with E-state index in [4.69, 9.17) is 0 Å². The summed E-state index contributed by atoms with van der Waals surface area (Å²) in [6.45, 7) is 4.29. The van der Waals surface area contributed by atoms with Gasteiger partial charge < -0.3 is 9.88 Å². The van der Waals surface area contributed by atoms with Crippen molar-refractivity contribution in [2.24, 2.45) is 0 Å². The summed E-state index contributed by atoms with van der Waals surface area (Å²) in [4.78, 5) is 25.6. The fraction of sp³-hybridized carbons (Fsp3) is 0.0909. The standard InChI is InChI=1S/C22H18FN3O2/c1-2-11-26-21(27)19(24-22(26)28)12-16-14-25(20-6-4-3-5-18(16)20)13-15-7-9-17(23)10-8-15/h2-10,12,14H,1,11,13H2,(H,24,28)/b19-12+. The number of urea groups is 1. The van der Waals surface area contributed by atoms with Gasteiger partial charge in [-0.15, -0.1) is 6.58 Å². The van der Waals surface area contributed by atoms with E-state index in [1.165, 1.54) is 18.2 Å². The lowest BCUT2D eigenvalue weighted by Gasteiger charge is -2.06. The van der Waals surface area contributed by atoms with Gasteiger partial charge >= 0.3 is 6.03 Å². The molecule has 140 valence electrons. The molecule has 1 aliphatic heterocycles. The van der Waals surface area contributed by atoms with Crippen molar-refractivity contribution >= 4 is 28.9 Å². The molecule has 1 aromatic heterocycles. The number of carbonyl (C=O) groups is 2. The Hall–Kier alpha value is -3.67. The van der Waals surface area contributed by atoms with E-state index in [2.05, 4.69) is 11.9 Å². The van der Waals surface area contributed by atoms with Crippen LogP contribution in [0.1, 0.15) is 11.1 Å². The van der Waals surface area contributed by atoms with Crippen LogP contribution in [-0.4, -0.2) is 28.0 Å². The monoisotopic (exact) mass is 375 g/mol. The molecule has 28 heavy (non-hydrogen) atoms. The van der Waals surface area contributed by atoms with Gasteiger partial charge in [-0.1, -0.05) is 36.4 Å². The highest BCUT2D eigenvalue weighted by atomic mass is 19.1. The minimum Gasteiger partial charge on any atom is -0.342 e. The molecular weight excluding hydrogens is 357 g/mol. The smallest absolute Gasteiger partial charge is 0.329 e. The fourth-order valence-corrected chi connectivity index (χ4v) is 3.33. The Morgan fingerprint density at radius 1 is 1.07 bits per heavy atom. The Morgan fingerprint density at radius 3 is 2.57 bits per heavy atom. The highest BCUT2D eigenvalue weighted by Crippen LogP contribution is 2.25. The number of fused-ring (bicyclic) bond motifs is 1. The number of halogens is 1. The Labute approximate surface area is 161 Å². The van der Waals surface area contributed by atoms with E-state index >= 15 is 0 Å². The van der Waals surface area contributed by atoms with Crippen molar-refractivity contribution in [3.05, 3.63) is 90.0 Å². The first-order valence-electron chi connectivity index (χ1n) is 8.84. The van der Waals surface area contributed by atoms with Crippen LogP contribution < -0.4 is 5.32 Å². The van der Waals surface area contributed by atoms with Crippen LogP contribution in [0.5, 0.6) is 0 Å². The van der Waals surface area contributed by atoms with Crippen molar-refractivity contribution < 1.29 is 14.0 Å². The maximum atomic E-state index is 13.2. The van der Waals surface area contributed by atoms with Crippen LogP contribution in [0.4, 0.5) is 9.18 Å². The summed E-state index contributed by atoms with van der Waals surface area (Å²) < 4.78 is 15.2. The number of rotatable bonds is 5. The number of hydrogen-bond acceptors (Lipinski definition) is 2. The molecule has 1 aliphatic rings. The largest absolute Gasteiger partial charge is 0.342 e. The predicted octanol–water partition coefficient (Wildman–Crippen LogP) is 3.91. The van der Waals surface area contributed by atoms with Crippen molar-refractivity contribution in [2.75, 3.05) is 6.54 Å². The number of amides is 3. The molecule has 4 rings (SSSR count). The van der Waals surface area contributed by atoms with Gasteiger partial charge in [0.2, 0.25) is 0 Å². The summed E-state index contributed by atoms with van der Waals surface area (Å²) in [5.41, 5.74) is 3.00. The number of nitrogens with one attached hydrogen (secondary N) is 1. The second-order valence-corrected chi connectivity index (χ2v) is 6.55. The Morgan fingerprint density at radius 2 is 1.82 bits per heavy atom. The summed E-state index contributed by atoms with van der Waals surface area (Å²) in [6, 6.07) is 13.7. The van der Waals surface area contributed by atoms with E-state index in [9.17, 15) is 14.0 Å². The molecule has 1 saturated heterocycles. The first-order valence-corrected chi connectivity index (χ1v) is 8.84. The molecule has 0 unspecified atom stereocenters. The zero-order valence-electron chi connectivity index (χ0n) is 15.1. The van der Waals surface area contributed by atoms with Gasteiger partial charge in [-0.2, -0.15) is 0 Å². The molecular formula is C22H18FN3O2. The van der Waals surface area contributed by atoms with Crippen LogP contribution in [0.3, 0.4) is 0 Å². The van der Waals surface area contributed by atoms with Gasteiger partial charge in [0, 0.05) is 35.8 Å². The van der Waals surface area contributed by atoms with Crippen LogP contribution in [-0.2, 0) is 11.3 Å². The Bertz CT molecular complexity index is 1110. The highest BCUT2D eigenvalue weighted by Gasteiger charge is 2.32. The molecule has 2 heterocycles. The molecule has 2 aromatic carbocycles. The van der Waals surface area contributed by atoms with Crippen molar-refractivity contribution in [1.29, 1.82) is 0 Å². The molecule has 1 N–H and O–H groups in total. The molecule has 0 spiro atoms. The topological polar surface area (TPSA) is 54.3 Å². The van der Waals surface area contributed by atoms with Gasteiger partial charge in [-0.25, -0.2) is 9.18 Å². The second kappa shape index (κ2) is 7.15. The van der Waals surface area contributed by atoms with Crippen molar-refractivity contribution in [3.8, 4) is 0 Å². The summed E-state index contributed by atoms with van der Waals surface area (Å²) in [6.07, 6.45) is 5.12. The van der Waals surface area contributed by atoms with E-state index in [1.54, 1.807) is 18.2 Å². The first kappa shape index (κ1) is 17.7. The maximum absolute atomic E-state index is 13.2. The van der Waals surface area contributed by atoms with Crippen molar-refractivity contribution in [2.45, 2.75) is 6.54 Å². The summed E-state index contributed by atoms with van der Waals surface area (Å²) >= 11 is 0. The van der Waals surface area contributed by atoms with E-state index in [1.807, 2.05) is 35.0 Å². The molecule has 0 saturated carbocycles. The summed E-state index contributed by atoms with van der Waals surface area (Å²) in [7, 11) is 0. The zero-order chi connectivity index (χ0) is 19.7. The lowest BCUT2D eigenvalue weighted by atomic mass is 10.1. The molecule has 3 amide bonds. The minimum absolute atomic E-state index is 0.161. The average Bonchev–Trinajstić information content (AvgIpc) is 3.17. The third-order valence-corrected chi connectivity index (χ3v) is 4.66. The Kier molecular flexibility index (Phi) is 4.53. The molecule has 6 heteroatoms. The molecule has 0 atom stereocenters. The van der Waals surface area contributed by atoms with Crippen LogP contribution >= 0.6 is 0 Å².